The summed E-state index contributed by atoms with van der Waals surface area (Å²) in [6, 6.07) is 1.18. The summed E-state index contributed by atoms with van der Waals surface area (Å²) in [6.45, 7) is 5.82. The minimum atomic E-state index is -3.82. The third-order valence-corrected chi connectivity index (χ3v) is 4.83. The number of aryl methyl sites for hydroxylation is 1. The fraction of sp³-hybridized carbons (Fsp3) is 0.615. The molecule has 9 heteroatoms. The van der Waals surface area contributed by atoms with E-state index in [1.165, 1.54) is 31.5 Å². The number of rotatable bonds is 6. The largest absolute Gasteiger partial charge is 0.465 e. The summed E-state index contributed by atoms with van der Waals surface area (Å²) in [5.41, 5.74) is 5.35. The summed E-state index contributed by atoms with van der Waals surface area (Å²) >= 11 is 0. The molecule has 1 aromatic heterocycles. The van der Waals surface area contributed by atoms with Crippen LogP contribution >= 0.6 is 12.4 Å². The number of hydrogen-bond acceptors (Lipinski definition) is 6. The molecule has 2 N–H and O–H groups in total. The monoisotopic (exact) mass is 354 g/mol. The smallest absolute Gasteiger partial charge is 0.341 e. The standard InChI is InChI=1S/C13H22N2O5S.ClH/c1-9-10(12(16)19-5)6-11(20-9)21(17,18)15(4)8-13(2,3)7-14;/h6H,7-8,14H2,1-5H3;1H. The number of nitrogens with zero attached hydrogens (tertiary/aromatic N) is 1. The van der Waals surface area contributed by atoms with Crippen molar-refractivity contribution in [1.82, 2.24) is 4.31 Å². The number of hydrogen-bond donors (Lipinski definition) is 1. The van der Waals surface area contributed by atoms with E-state index >= 15 is 0 Å². The maximum absolute atomic E-state index is 12.4. The fourth-order valence-electron chi connectivity index (χ4n) is 1.80. The Morgan fingerprint density at radius 1 is 1.45 bits per heavy atom. The third kappa shape index (κ3) is 4.45. The number of halogens is 1. The van der Waals surface area contributed by atoms with Gasteiger partial charge >= 0.3 is 5.97 Å². The summed E-state index contributed by atoms with van der Waals surface area (Å²) in [7, 11) is -1.15. The molecule has 0 fully saturated rings. The molecule has 0 radical (unpaired) electrons. The number of sulfonamides is 1. The van der Waals surface area contributed by atoms with Crippen LogP contribution in [0.1, 0.15) is 30.0 Å². The van der Waals surface area contributed by atoms with Crippen LogP contribution in [0.4, 0.5) is 0 Å². The summed E-state index contributed by atoms with van der Waals surface area (Å²) in [4.78, 5) is 11.5. The second-order valence-electron chi connectivity index (χ2n) is 5.66. The van der Waals surface area contributed by atoms with Gasteiger partial charge in [0, 0.05) is 19.7 Å². The molecule has 0 aliphatic heterocycles. The lowest BCUT2D eigenvalue weighted by Gasteiger charge is -2.27. The van der Waals surface area contributed by atoms with E-state index in [0.29, 0.717) is 6.54 Å². The molecule has 0 saturated carbocycles. The van der Waals surface area contributed by atoms with Crippen molar-refractivity contribution < 1.29 is 22.4 Å². The van der Waals surface area contributed by atoms with Gasteiger partial charge in [0.2, 0.25) is 5.09 Å². The van der Waals surface area contributed by atoms with Crippen LogP contribution in [-0.4, -0.2) is 45.9 Å². The molecule has 1 aromatic rings. The maximum atomic E-state index is 12.4. The highest BCUT2D eigenvalue weighted by molar-refractivity contribution is 7.89. The molecule has 1 rings (SSSR count). The first-order valence-electron chi connectivity index (χ1n) is 6.40. The Hall–Kier alpha value is -1.09. The molecule has 0 saturated heterocycles. The first kappa shape index (κ1) is 20.9. The molecule has 0 aliphatic carbocycles. The van der Waals surface area contributed by atoms with Gasteiger partial charge in [-0.3, -0.25) is 0 Å². The van der Waals surface area contributed by atoms with Crippen LogP contribution in [0.15, 0.2) is 15.6 Å². The zero-order chi connectivity index (χ0) is 16.4. The number of carbonyl (C=O) groups excluding carboxylic acids is 1. The minimum absolute atomic E-state index is 0. The highest BCUT2D eigenvalue weighted by Gasteiger charge is 2.31. The van der Waals surface area contributed by atoms with E-state index < -0.39 is 16.0 Å². The molecule has 0 spiro atoms. The summed E-state index contributed by atoms with van der Waals surface area (Å²) in [6.07, 6.45) is 0. The van der Waals surface area contributed by atoms with Crippen LogP contribution < -0.4 is 5.73 Å². The van der Waals surface area contributed by atoms with Crippen molar-refractivity contribution in [3.8, 4) is 0 Å². The number of furan rings is 1. The number of esters is 1. The Morgan fingerprint density at radius 2 is 2.00 bits per heavy atom. The maximum Gasteiger partial charge on any atom is 0.341 e. The fourth-order valence-corrected chi connectivity index (χ4v) is 3.12. The second-order valence-corrected chi connectivity index (χ2v) is 7.63. The van der Waals surface area contributed by atoms with Crippen molar-refractivity contribution in [1.29, 1.82) is 0 Å². The van der Waals surface area contributed by atoms with Gasteiger partial charge in [-0.05, 0) is 18.9 Å². The number of nitrogens with two attached hydrogens (primary N) is 1. The lowest BCUT2D eigenvalue weighted by Crippen LogP contribution is -2.39. The summed E-state index contributed by atoms with van der Waals surface area (Å²) in [5.74, 6) is -0.436. The molecule has 128 valence electrons. The lowest BCUT2D eigenvalue weighted by molar-refractivity contribution is 0.0599. The first-order valence-corrected chi connectivity index (χ1v) is 7.84. The van der Waals surface area contributed by atoms with Gasteiger partial charge in [-0.15, -0.1) is 12.4 Å². The van der Waals surface area contributed by atoms with Gasteiger partial charge in [-0.2, -0.15) is 4.31 Å². The molecule has 22 heavy (non-hydrogen) atoms. The highest BCUT2D eigenvalue weighted by Crippen LogP contribution is 2.24. The van der Waals surface area contributed by atoms with E-state index in [4.69, 9.17) is 10.2 Å². The van der Waals surface area contributed by atoms with Crippen LogP contribution in [0.3, 0.4) is 0 Å². The zero-order valence-corrected chi connectivity index (χ0v) is 15.0. The van der Waals surface area contributed by atoms with Crippen LogP contribution in [-0.2, 0) is 14.8 Å². The normalized spacial score (nSPS) is 12.1. The molecule has 0 amide bonds. The van der Waals surface area contributed by atoms with Crippen LogP contribution in [0.2, 0.25) is 0 Å². The predicted molar refractivity (Wildman–Crippen MR) is 84.7 cm³/mol. The first-order chi connectivity index (χ1) is 9.55. The lowest BCUT2D eigenvalue weighted by atomic mass is 9.94. The summed E-state index contributed by atoms with van der Waals surface area (Å²) < 4.78 is 35.8. The molecular formula is C13H23ClN2O5S. The van der Waals surface area contributed by atoms with Crippen LogP contribution in [0.5, 0.6) is 0 Å². The second kappa shape index (κ2) is 7.45. The predicted octanol–water partition coefficient (Wildman–Crippen LogP) is 1.40. The Kier molecular flexibility index (Phi) is 7.08. The number of carbonyl (C=O) groups is 1. The number of ether oxygens (including phenoxy) is 1. The Bertz CT molecular complexity index is 624. The van der Waals surface area contributed by atoms with E-state index in [1.807, 2.05) is 13.8 Å². The van der Waals surface area contributed by atoms with Gasteiger partial charge in [0.25, 0.3) is 10.0 Å². The zero-order valence-electron chi connectivity index (χ0n) is 13.4. The topological polar surface area (TPSA) is 103 Å². The van der Waals surface area contributed by atoms with E-state index in [0.717, 1.165) is 0 Å². The highest BCUT2D eigenvalue weighted by atomic mass is 35.5. The van der Waals surface area contributed by atoms with E-state index in [1.54, 1.807) is 0 Å². The van der Waals surface area contributed by atoms with E-state index in [-0.39, 0.29) is 40.8 Å². The minimum Gasteiger partial charge on any atom is -0.465 e. The summed E-state index contributed by atoms with van der Waals surface area (Å²) in [5, 5.41) is -0.282. The molecule has 1 heterocycles. The molecule has 7 nitrogen and oxygen atoms in total. The molecule has 0 aromatic carbocycles. The van der Waals surface area contributed by atoms with Gasteiger partial charge in [-0.1, -0.05) is 13.8 Å². The quantitative estimate of drug-likeness (QED) is 0.774. The molecule has 0 atom stereocenters. The Labute approximate surface area is 137 Å². The van der Waals surface area contributed by atoms with Crippen LogP contribution in [0.25, 0.3) is 0 Å². The van der Waals surface area contributed by atoms with E-state index in [9.17, 15) is 13.2 Å². The third-order valence-electron chi connectivity index (χ3n) is 3.17. The van der Waals surface area contributed by atoms with Crippen molar-refractivity contribution in [2.75, 3.05) is 27.2 Å². The van der Waals surface area contributed by atoms with Crippen molar-refractivity contribution in [3.05, 3.63) is 17.4 Å². The SMILES string of the molecule is COC(=O)c1cc(S(=O)(=O)N(C)CC(C)(C)CN)oc1C.Cl. The van der Waals surface area contributed by atoms with E-state index in [2.05, 4.69) is 4.74 Å². The van der Waals surface area contributed by atoms with Gasteiger partial charge in [-0.25, -0.2) is 13.2 Å². The van der Waals surface area contributed by atoms with Crippen LogP contribution in [0, 0.1) is 12.3 Å². The van der Waals surface area contributed by atoms with Crippen molar-refractivity contribution in [2.24, 2.45) is 11.1 Å². The molecule has 0 bridgehead atoms. The van der Waals surface area contributed by atoms with Gasteiger partial charge in [0.1, 0.15) is 11.3 Å². The van der Waals surface area contributed by atoms with Crippen molar-refractivity contribution >= 4 is 28.4 Å². The Balaban J connectivity index is 0.00000441. The number of methoxy groups -OCH3 is 1. The van der Waals surface area contributed by atoms with Gasteiger partial charge < -0.3 is 14.9 Å². The molecular weight excluding hydrogens is 332 g/mol. The molecule has 0 unspecified atom stereocenters. The molecule has 0 aliphatic rings. The van der Waals surface area contributed by atoms with Crippen molar-refractivity contribution in [2.45, 2.75) is 25.9 Å². The average molecular weight is 355 g/mol. The van der Waals surface area contributed by atoms with Gasteiger partial charge in [0.05, 0.1) is 7.11 Å². The van der Waals surface area contributed by atoms with Gasteiger partial charge in [0.15, 0.2) is 0 Å². The van der Waals surface area contributed by atoms with Crippen molar-refractivity contribution in [3.63, 3.8) is 0 Å². The average Bonchev–Trinajstić information content (AvgIpc) is 2.80. The Morgan fingerprint density at radius 3 is 2.45 bits per heavy atom.